The lowest BCUT2D eigenvalue weighted by atomic mass is 9.83. The molecule has 0 amide bonds. The summed E-state index contributed by atoms with van der Waals surface area (Å²) in [4.78, 5) is 10.5. The normalized spacial score (nSPS) is 33.7. The molecule has 0 radical (unpaired) electrons. The van der Waals surface area contributed by atoms with Crippen LogP contribution in [0.25, 0.3) is 0 Å². The standard InChI is InChI=1S/C7H13NO2/c1-7(6(9)10)3-2-4-8-5-7/h8H,2-5H2,1H3,(H,9,10)/t7-/m1/s1. The number of carboxylic acids is 1. The third-order valence-electron chi connectivity index (χ3n) is 2.22. The van der Waals surface area contributed by atoms with Crippen LogP contribution in [0.5, 0.6) is 0 Å². The van der Waals surface area contributed by atoms with Gasteiger partial charge in [0.1, 0.15) is 0 Å². The second-order valence-electron chi connectivity index (χ2n) is 3.23. The molecule has 3 nitrogen and oxygen atoms in total. The molecule has 0 spiro atoms. The minimum Gasteiger partial charge on any atom is -0.549 e. The van der Waals surface area contributed by atoms with Crippen LogP contribution in [-0.2, 0) is 4.79 Å². The van der Waals surface area contributed by atoms with Crippen LogP contribution in [0.4, 0.5) is 0 Å². The summed E-state index contributed by atoms with van der Waals surface area (Å²) >= 11 is 0. The monoisotopic (exact) mass is 143 g/mol. The second-order valence-corrected chi connectivity index (χ2v) is 3.23. The summed E-state index contributed by atoms with van der Waals surface area (Å²) in [7, 11) is 0. The first-order chi connectivity index (χ1) is 4.65. The number of nitrogens with two attached hydrogens (primary N) is 1. The van der Waals surface area contributed by atoms with E-state index in [2.05, 4.69) is 0 Å². The van der Waals surface area contributed by atoms with Crippen molar-refractivity contribution < 1.29 is 15.2 Å². The third kappa shape index (κ3) is 1.29. The van der Waals surface area contributed by atoms with Crippen LogP contribution in [0.2, 0.25) is 0 Å². The molecule has 1 fully saturated rings. The first-order valence-corrected chi connectivity index (χ1v) is 3.68. The zero-order valence-electron chi connectivity index (χ0n) is 6.22. The molecule has 2 N–H and O–H groups in total. The lowest BCUT2D eigenvalue weighted by molar-refractivity contribution is -0.674. The zero-order chi connectivity index (χ0) is 7.61. The summed E-state index contributed by atoms with van der Waals surface area (Å²) in [6, 6.07) is 0. The molecule has 1 aliphatic rings. The van der Waals surface area contributed by atoms with Gasteiger partial charge in [-0.15, -0.1) is 0 Å². The highest BCUT2D eigenvalue weighted by molar-refractivity contribution is 5.72. The third-order valence-corrected chi connectivity index (χ3v) is 2.22. The van der Waals surface area contributed by atoms with Gasteiger partial charge in [-0.05, 0) is 19.8 Å². The number of hydrogen-bond acceptors (Lipinski definition) is 2. The Kier molecular flexibility index (Phi) is 1.94. The van der Waals surface area contributed by atoms with Crippen LogP contribution in [0.1, 0.15) is 19.8 Å². The second kappa shape index (κ2) is 2.58. The maximum absolute atomic E-state index is 10.5. The Bertz CT molecular complexity index is 139. The summed E-state index contributed by atoms with van der Waals surface area (Å²) in [5, 5.41) is 12.6. The molecule has 1 aliphatic heterocycles. The molecular formula is C7H13NO2. The molecule has 10 heavy (non-hydrogen) atoms. The van der Waals surface area contributed by atoms with Crippen molar-refractivity contribution in [2.24, 2.45) is 5.41 Å². The molecule has 1 saturated heterocycles. The van der Waals surface area contributed by atoms with E-state index in [4.69, 9.17) is 0 Å². The van der Waals surface area contributed by atoms with E-state index in [1.165, 1.54) is 0 Å². The fraction of sp³-hybridized carbons (Fsp3) is 0.857. The Hall–Kier alpha value is -0.570. The van der Waals surface area contributed by atoms with Crippen molar-refractivity contribution in [3.05, 3.63) is 0 Å². The molecular weight excluding hydrogens is 130 g/mol. The Balaban J connectivity index is 2.56. The fourth-order valence-corrected chi connectivity index (χ4v) is 1.34. The van der Waals surface area contributed by atoms with Crippen molar-refractivity contribution in [2.45, 2.75) is 19.8 Å². The smallest absolute Gasteiger partial charge is 0.0862 e. The van der Waals surface area contributed by atoms with E-state index in [0.29, 0.717) is 6.54 Å². The van der Waals surface area contributed by atoms with Crippen molar-refractivity contribution in [1.29, 1.82) is 0 Å². The summed E-state index contributed by atoms with van der Waals surface area (Å²) in [5.74, 6) is -0.900. The quantitative estimate of drug-likeness (QED) is 0.466. The molecule has 0 bridgehead atoms. The predicted molar refractivity (Wildman–Crippen MR) is 34.0 cm³/mol. The number of carbonyl (C=O) groups is 1. The van der Waals surface area contributed by atoms with Crippen LogP contribution in [0, 0.1) is 5.41 Å². The first kappa shape index (κ1) is 7.54. The summed E-state index contributed by atoms with van der Waals surface area (Å²) in [5.41, 5.74) is -0.571. The zero-order valence-corrected chi connectivity index (χ0v) is 6.22. The average molecular weight is 143 g/mol. The van der Waals surface area contributed by atoms with Gasteiger partial charge in [-0.25, -0.2) is 0 Å². The van der Waals surface area contributed by atoms with Crippen LogP contribution in [0.3, 0.4) is 0 Å². The number of carbonyl (C=O) groups excluding carboxylic acids is 1. The molecule has 0 aromatic carbocycles. The molecule has 0 unspecified atom stereocenters. The van der Waals surface area contributed by atoms with Crippen molar-refractivity contribution in [3.63, 3.8) is 0 Å². The molecule has 0 aromatic heterocycles. The molecule has 58 valence electrons. The topological polar surface area (TPSA) is 56.7 Å². The Morgan fingerprint density at radius 1 is 1.70 bits per heavy atom. The van der Waals surface area contributed by atoms with Crippen molar-refractivity contribution >= 4 is 5.97 Å². The van der Waals surface area contributed by atoms with E-state index in [0.717, 1.165) is 19.4 Å². The SMILES string of the molecule is C[C@@]1(C(=O)[O-])CCC[NH2+]C1. The summed E-state index contributed by atoms with van der Waals surface area (Å²) in [6.45, 7) is 3.50. The van der Waals surface area contributed by atoms with E-state index in [-0.39, 0.29) is 0 Å². The van der Waals surface area contributed by atoms with Crippen molar-refractivity contribution in [2.75, 3.05) is 13.1 Å². The highest BCUT2D eigenvalue weighted by Crippen LogP contribution is 2.21. The summed E-state index contributed by atoms with van der Waals surface area (Å²) < 4.78 is 0. The van der Waals surface area contributed by atoms with E-state index in [9.17, 15) is 9.90 Å². The van der Waals surface area contributed by atoms with Crippen LogP contribution in [0.15, 0.2) is 0 Å². The molecule has 0 aromatic rings. The van der Waals surface area contributed by atoms with Gasteiger partial charge >= 0.3 is 0 Å². The fourth-order valence-electron chi connectivity index (χ4n) is 1.34. The van der Waals surface area contributed by atoms with Crippen molar-refractivity contribution in [1.82, 2.24) is 0 Å². The Morgan fingerprint density at radius 2 is 2.40 bits per heavy atom. The molecule has 1 rings (SSSR count). The first-order valence-electron chi connectivity index (χ1n) is 3.68. The van der Waals surface area contributed by atoms with E-state index in [1.54, 1.807) is 6.92 Å². The van der Waals surface area contributed by atoms with Gasteiger partial charge in [-0.1, -0.05) is 0 Å². The number of aliphatic carboxylic acids is 1. The minimum atomic E-state index is -0.900. The number of hydrogen-bond donors (Lipinski definition) is 1. The van der Waals surface area contributed by atoms with Gasteiger partial charge in [0.05, 0.1) is 24.5 Å². The lowest BCUT2D eigenvalue weighted by Gasteiger charge is -2.32. The van der Waals surface area contributed by atoms with E-state index < -0.39 is 11.4 Å². The largest absolute Gasteiger partial charge is 0.549 e. The van der Waals surface area contributed by atoms with Crippen LogP contribution >= 0.6 is 0 Å². The number of piperidine rings is 1. The van der Waals surface area contributed by atoms with Crippen LogP contribution in [-0.4, -0.2) is 19.1 Å². The lowest BCUT2D eigenvalue weighted by Crippen LogP contribution is -2.89. The Morgan fingerprint density at radius 3 is 2.70 bits per heavy atom. The maximum Gasteiger partial charge on any atom is 0.0862 e. The highest BCUT2D eigenvalue weighted by atomic mass is 16.4. The summed E-state index contributed by atoms with van der Waals surface area (Å²) in [6.07, 6.45) is 1.76. The van der Waals surface area contributed by atoms with Gasteiger partial charge in [0.2, 0.25) is 0 Å². The van der Waals surface area contributed by atoms with Gasteiger partial charge < -0.3 is 15.2 Å². The maximum atomic E-state index is 10.5. The van der Waals surface area contributed by atoms with Gasteiger partial charge in [0.25, 0.3) is 0 Å². The van der Waals surface area contributed by atoms with E-state index >= 15 is 0 Å². The van der Waals surface area contributed by atoms with Crippen molar-refractivity contribution in [3.8, 4) is 0 Å². The number of quaternary nitrogens is 1. The van der Waals surface area contributed by atoms with E-state index in [1.807, 2.05) is 5.32 Å². The molecule has 1 heterocycles. The Labute approximate surface area is 60.4 Å². The highest BCUT2D eigenvalue weighted by Gasteiger charge is 2.30. The minimum absolute atomic E-state index is 0.571. The molecule has 3 heteroatoms. The number of rotatable bonds is 1. The molecule has 1 atom stereocenters. The predicted octanol–water partition coefficient (Wildman–Crippen LogP) is -1.90. The molecule has 0 saturated carbocycles. The van der Waals surface area contributed by atoms with Gasteiger partial charge in [-0.3, -0.25) is 0 Å². The number of carboxylic acid groups (broad SMARTS) is 1. The van der Waals surface area contributed by atoms with Gasteiger partial charge in [-0.2, -0.15) is 0 Å². The molecule has 0 aliphatic carbocycles. The van der Waals surface area contributed by atoms with Crippen LogP contribution < -0.4 is 10.4 Å². The van der Waals surface area contributed by atoms with Gasteiger partial charge in [0.15, 0.2) is 0 Å². The van der Waals surface area contributed by atoms with Gasteiger partial charge in [0, 0.05) is 0 Å². The average Bonchev–Trinajstić information content (AvgIpc) is 1.89.